The molecule has 0 atom stereocenters. The fraction of sp³-hybridized carbons (Fsp3) is 0.0909. The molecule has 0 aliphatic rings. The summed E-state index contributed by atoms with van der Waals surface area (Å²) in [5.74, 6) is 0. The molecular weight excluding hydrogens is 196 g/mol. The zero-order chi connectivity index (χ0) is 9.97. The number of pyridine rings is 2. The molecule has 2 nitrogen and oxygen atoms in total. The number of aryl methyl sites for hydroxylation is 1. The highest BCUT2D eigenvalue weighted by atomic mass is 35.5. The van der Waals surface area contributed by atoms with Crippen LogP contribution in [0.4, 0.5) is 0 Å². The highest BCUT2D eigenvalue weighted by molar-refractivity contribution is 6.32. The second-order valence-corrected chi connectivity index (χ2v) is 3.45. The van der Waals surface area contributed by atoms with Gasteiger partial charge in [0.1, 0.15) is 5.15 Å². The fourth-order valence-corrected chi connectivity index (χ4v) is 1.49. The zero-order valence-corrected chi connectivity index (χ0v) is 8.49. The van der Waals surface area contributed by atoms with Crippen molar-refractivity contribution in [3.05, 3.63) is 47.5 Å². The monoisotopic (exact) mass is 204 g/mol. The molecule has 0 fully saturated rings. The van der Waals surface area contributed by atoms with E-state index in [4.69, 9.17) is 11.6 Å². The van der Waals surface area contributed by atoms with Crippen molar-refractivity contribution in [2.75, 3.05) is 0 Å². The van der Waals surface area contributed by atoms with Crippen LogP contribution in [0.5, 0.6) is 0 Å². The van der Waals surface area contributed by atoms with Crippen molar-refractivity contribution in [2.45, 2.75) is 6.92 Å². The van der Waals surface area contributed by atoms with Gasteiger partial charge >= 0.3 is 0 Å². The molecule has 0 radical (unpaired) electrons. The Balaban J connectivity index is 2.57. The van der Waals surface area contributed by atoms with Crippen molar-refractivity contribution in [3.63, 3.8) is 0 Å². The van der Waals surface area contributed by atoms with Gasteiger partial charge in [-0.2, -0.15) is 0 Å². The molecular formula is C11H9ClN2. The van der Waals surface area contributed by atoms with Crippen LogP contribution in [0.2, 0.25) is 5.15 Å². The van der Waals surface area contributed by atoms with Crippen molar-refractivity contribution in [3.8, 4) is 11.1 Å². The van der Waals surface area contributed by atoms with Crippen LogP contribution in [0.1, 0.15) is 5.56 Å². The van der Waals surface area contributed by atoms with Gasteiger partial charge in [0.05, 0.1) is 0 Å². The van der Waals surface area contributed by atoms with Crippen LogP contribution < -0.4 is 0 Å². The molecule has 0 unspecified atom stereocenters. The van der Waals surface area contributed by atoms with E-state index in [-0.39, 0.29) is 0 Å². The summed E-state index contributed by atoms with van der Waals surface area (Å²) in [7, 11) is 0. The lowest BCUT2D eigenvalue weighted by atomic mass is 10.1. The van der Waals surface area contributed by atoms with Gasteiger partial charge in [-0.25, -0.2) is 4.98 Å². The molecule has 0 bridgehead atoms. The summed E-state index contributed by atoms with van der Waals surface area (Å²) in [5, 5.41) is 0.517. The van der Waals surface area contributed by atoms with E-state index >= 15 is 0 Å². The van der Waals surface area contributed by atoms with Gasteiger partial charge in [0, 0.05) is 29.7 Å². The number of rotatable bonds is 1. The molecule has 14 heavy (non-hydrogen) atoms. The van der Waals surface area contributed by atoms with Crippen LogP contribution in [0.3, 0.4) is 0 Å². The molecule has 2 aromatic rings. The van der Waals surface area contributed by atoms with Crippen molar-refractivity contribution < 1.29 is 0 Å². The first kappa shape index (κ1) is 9.16. The molecule has 0 saturated carbocycles. The van der Waals surface area contributed by atoms with Crippen molar-refractivity contribution in [2.24, 2.45) is 0 Å². The van der Waals surface area contributed by atoms with Gasteiger partial charge in [-0.1, -0.05) is 17.7 Å². The summed E-state index contributed by atoms with van der Waals surface area (Å²) in [4.78, 5) is 8.14. The smallest absolute Gasteiger partial charge is 0.136 e. The van der Waals surface area contributed by atoms with Crippen molar-refractivity contribution in [1.29, 1.82) is 0 Å². The minimum absolute atomic E-state index is 0.517. The second-order valence-electron chi connectivity index (χ2n) is 3.09. The lowest BCUT2D eigenvalue weighted by molar-refractivity contribution is 1.26. The summed E-state index contributed by atoms with van der Waals surface area (Å²) in [5.41, 5.74) is 3.02. The minimum Gasteiger partial charge on any atom is -0.264 e. The van der Waals surface area contributed by atoms with E-state index in [0.29, 0.717) is 5.15 Å². The maximum Gasteiger partial charge on any atom is 0.136 e. The highest BCUT2D eigenvalue weighted by Crippen LogP contribution is 2.25. The summed E-state index contributed by atoms with van der Waals surface area (Å²) in [6.07, 6.45) is 5.27. The predicted octanol–water partition coefficient (Wildman–Crippen LogP) is 3.11. The van der Waals surface area contributed by atoms with Gasteiger partial charge < -0.3 is 0 Å². The number of aromatic nitrogens is 2. The topological polar surface area (TPSA) is 25.8 Å². The Morgan fingerprint density at radius 3 is 2.86 bits per heavy atom. The van der Waals surface area contributed by atoms with E-state index < -0.39 is 0 Å². The summed E-state index contributed by atoms with van der Waals surface area (Å²) in [6.45, 7) is 1.99. The average Bonchev–Trinajstić information content (AvgIpc) is 2.23. The summed E-state index contributed by atoms with van der Waals surface area (Å²) < 4.78 is 0. The van der Waals surface area contributed by atoms with Crippen molar-refractivity contribution in [1.82, 2.24) is 9.97 Å². The third kappa shape index (κ3) is 1.75. The highest BCUT2D eigenvalue weighted by Gasteiger charge is 2.04. The van der Waals surface area contributed by atoms with Crippen LogP contribution in [-0.2, 0) is 0 Å². The SMILES string of the molecule is Cc1cnc(Cl)c(-c2cccnc2)c1. The first-order valence-electron chi connectivity index (χ1n) is 4.30. The number of nitrogens with zero attached hydrogens (tertiary/aromatic N) is 2. The van der Waals surface area contributed by atoms with E-state index in [0.717, 1.165) is 16.7 Å². The molecule has 0 amide bonds. The Kier molecular flexibility index (Phi) is 2.46. The minimum atomic E-state index is 0.517. The molecule has 70 valence electrons. The van der Waals surface area contributed by atoms with Crippen LogP contribution in [0.25, 0.3) is 11.1 Å². The van der Waals surface area contributed by atoms with Gasteiger partial charge in [-0.3, -0.25) is 4.98 Å². The standard InChI is InChI=1S/C11H9ClN2/c1-8-5-10(11(12)14-6-8)9-3-2-4-13-7-9/h2-7H,1H3. The molecule has 0 aliphatic heterocycles. The lowest BCUT2D eigenvalue weighted by Gasteiger charge is -2.03. The van der Waals surface area contributed by atoms with Crippen LogP contribution in [0.15, 0.2) is 36.8 Å². The Morgan fingerprint density at radius 1 is 1.29 bits per heavy atom. The normalized spacial score (nSPS) is 10.1. The molecule has 0 saturated heterocycles. The largest absolute Gasteiger partial charge is 0.264 e. The molecule has 0 spiro atoms. The first-order valence-corrected chi connectivity index (χ1v) is 4.68. The van der Waals surface area contributed by atoms with Crippen LogP contribution >= 0.6 is 11.6 Å². The zero-order valence-electron chi connectivity index (χ0n) is 7.74. The van der Waals surface area contributed by atoms with Crippen LogP contribution in [0, 0.1) is 6.92 Å². The van der Waals surface area contributed by atoms with Gasteiger partial charge in [-0.05, 0) is 24.6 Å². The molecule has 0 aliphatic carbocycles. The molecule has 0 aromatic carbocycles. The Hall–Kier alpha value is -1.41. The molecule has 2 rings (SSSR count). The number of hydrogen-bond donors (Lipinski definition) is 0. The summed E-state index contributed by atoms with van der Waals surface area (Å²) >= 11 is 5.99. The van der Waals surface area contributed by atoms with Gasteiger partial charge in [0.15, 0.2) is 0 Å². The Labute approximate surface area is 87.6 Å². The molecule has 3 heteroatoms. The Bertz CT molecular complexity index is 440. The Morgan fingerprint density at radius 2 is 2.14 bits per heavy atom. The number of halogens is 1. The molecule has 2 aromatic heterocycles. The predicted molar refractivity (Wildman–Crippen MR) is 57.2 cm³/mol. The van der Waals surface area contributed by atoms with Gasteiger partial charge in [0.25, 0.3) is 0 Å². The van der Waals surface area contributed by atoms with E-state index in [1.807, 2.05) is 25.1 Å². The third-order valence-electron chi connectivity index (χ3n) is 1.95. The van der Waals surface area contributed by atoms with E-state index in [1.165, 1.54) is 0 Å². The van der Waals surface area contributed by atoms with Crippen LogP contribution in [-0.4, -0.2) is 9.97 Å². The molecule has 2 heterocycles. The maximum atomic E-state index is 5.99. The maximum absolute atomic E-state index is 5.99. The third-order valence-corrected chi connectivity index (χ3v) is 2.25. The van der Waals surface area contributed by atoms with E-state index in [9.17, 15) is 0 Å². The van der Waals surface area contributed by atoms with Gasteiger partial charge in [-0.15, -0.1) is 0 Å². The fourth-order valence-electron chi connectivity index (χ4n) is 1.28. The average molecular weight is 205 g/mol. The van der Waals surface area contributed by atoms with E-state index in [2.05, 4.69) is 9.97 Å². The quantitative estimate of drug-likeness (QED) is 0.667. The number of hydrogen-bond acceptors (Lipinski definition) is 2. The van der Waals surface area contributed by atoms with E-state index in [1.54, 1.807) is 18.6 Å². The van der Waals surface area contributed by atoms with Gasteiger partial charge in [0.2, 0.25) is 0 Å². The lowest BCUT2D eigenvalue weighted by Crippen LogP contribution is -1.85. The first-order chi connectivity index (χ1) is 6.77. The summed E-state index contributed by atoms with van der Waals surface area (Å²) in [6, 6.07) is 5.86. The van der Waals surface area contributed by atoms with Crippen molar-refractivity contribution >= 4 is 11.6 Å². The molecule has 0 N–H and O–H groups in total. The second kappa shape index (κ2) is 3.76.